The van der Waals surface area contributed by atoms with Crippen LogP contribution in [0.1, 0.15) is 26.7 Å². The van der Waals surface area contributed by atoms with Crippen molar-refractivity contribution in [2.75, 3.05) is 0 Å². The molecule has 1 aliphatic rings. The van der Waals surface area contributed by atoms with Gasteiger partial charge >= 0.3 is 5.97 Å². The van der Waals surface area contributed by atoms with Gasteiger partial charge in [-0.2, -0.15) is 0 Å². The van der Waals surface area contributed by atoms with Crippen LogP contribution >= 0.6 is 0 Å². The van der Waals surface area contributed by atoms with Gasteiger partial charge in [0, 0.05) is 12.5 Å². The number of hydrogen-bond acceptors (Lipinski definition) is 4. The molecule has 0 radical (unpaired) electrons. The zero-order valence-corrected chi connectivity index (χ0v) is 16.9. The lowest BCUT2D eigenvalue weighted by Gasteiger charge is -2.39. The summed E-state index contributed by atoms with van der Waals surface area (Å²) in [7, 11) is -2.58. The molecule has 2 aromatic rings. The van der Waals surface area contributed by atoms with E-state index in [0.29, 0.717) is 12.5 Å². The predicted octanol–water partition coefficient (Wildman–Crippen LogP) is 2.09. The Morgan fingerprint density at radius 3 is 2.04 bits per heavy atom. The molecule has 2 aromatic carbocycles. The molecule has 3 rings (SSSR count). The Morgan fingerprint density at radius 1 is 1.07 bits per heavy atom. The van der Waals surface area contributed by atoms with Crippen molar-refractivity contribution in [1.82, 2.24) is 0 Å². The first-order chi connectivity index (χ1) is 13.0. The SMILES string of the molecule is CCC[C@@H](OC(C)=O)[C@@H]1[C@@H](O)[C@@H](O)C[Si]1(c1ccccc1)c1ccccc1. The monoisotopic (exact) mass is 384 g/mol. The number of esters is 1. The second-order valence-corrected chi connectivity index (χ2v) is 11.6. The van der Waals surface area contributed by atoms with Gasteiger partial charge in [-0.15, -0.1) is 0 Å². The molecule has 0 aromatic heterocycles. The molecule has 1 fully saturated rings. The largest absolute Gasteiger partial charge is 0.462 e. The van der Waals surface area contributed by atoms with Crippen LogP contribution in [0.25, 0.3) is 0 Å². The first-order valence-corrected chi connectivity index (χ1v) is 11.9. The van der Waals surface area contributed by atoms with Crippen LogP contribution in [-0.2, 0) is 9.53 Å². The van der Waals surface area contributed by atoms with E-state index in [1.54, 1.807) is 0 Å². The predicted molar refractivity (Wildman–Crippen MR) is 109 cm³/mol. The third-order valence-electron chi connectivity index (χ3n) is 5.73. The number of carbonyl (C=O) groups is 1. The molecule has 1 saturated heterocycles. The van der Waals surface area contributed by atoms with Crippen molar-refractivity contribution in [2.24, 2.45) is 0 Å². The van der Waals surface area contributed by atoms with Crippen molar-refractivity contribution < 1.29 is 19.7 Å². The van der Waals surface area contributed by atoms with Crippen LogP contribution in [-0.4, -0.2) is 42.6 Å². The van der Waals surface area contributed by atoms with Crippen LogP contribution in [0.4, 0.5) is 0 Å². The topological polar surface area (TPSA) is 66.8 Å². The van der Waals surface area contributed by atoms with E-state index in [1.165, 1.54) is 6.92 Å². The molecule has 144 valence electrons. The molecule has 0 spiro atoms. The van der Waals surface area contributed by atoms with Crippen molar-refractivity contribution >= 4 is 24.4 Å². The standard InChI is InChI=1S/C22H28O4Si/c1-3-10-20(26-16(2)23)22-21(25)19(24)15-27(22,17-11-6-4-7-12-17)18-13-8-5-9-14-18/h4-9,11-14,19-22,24-25H,3,10,15H2,1-2H3/t19-,20+,21-,22+/m0/s1. The normalized spacial score (nSPS) is 25.1. The van der Waals surface area contributed by atoms with Gasteiger partial charge in [-0.1, -0.05) is 84.4 Å². The number of rotatable bonds is 6. The van der Waals surface area contributed by atoms with Crippen molar-refractivity contribution in [3.8, 4) is 0 Å². The molecule has 2 N–H and O–H groups in total. The van der Waals surface area contributed by atoms with Gasteiger partial charge in [0.2, 0.25) is 0 Å². The zero-order valence-electron chi connectivity index (χ0n) is 15.9. The van der Waals surface area contributed by atoms with Gasteiger partial charge < -0.3 is 14.9 Å². The zero-order chi connectivity index (χ0) is 19.4. The Balaban J connectivity index is 2.21. The molecule has 1 aliphatic heterocycles. The van der Waals surface area contributed by atoms with Crippen LogP contribution in [0.5, 0.6) is 0 Å². The van der Waals surface area contributed by atoms with Crippen molar-refractivity contribution in [3.63, 3.8) is 0 Å². The molecule has 0 saturated carbocycles. The maximum atomic E-state index is 11.8. The van der Waals surface area contributed by atoms with E-state index in [9.17, 15) is 15.0 Å². The van der Waals surface area contributed by atoms with Gasteiger partial charge in [0.25, 0.3) is 0 Å². The Bertz CT molecular complexity index is 710. The highest BCUT2D eigenvalue weighted by atomic mass is 28.3. The van der Waals surface area contributed by atoms with E-state index in [2.05, 4.69) is 24.3 Å². The lowest BCUT2D eigenvalue weighted by Crippen LogP contribution is -2.62. The summed E-state index contributed by atoms with van der Waals surface area (Å²) in [4.78, 5) is 11.8. The molecule has 4 nitrogen and oxygen atoms in total. The Morgan fingerprint density at radius 2 is 1.59 bits per heavy atom. The summed E-state index contributed by atoms with van der Waals surface area (Å²) >= 11 is 0. The minimum atomic E-state index is -2.58. The van der Waals surface area contributed by atoms with Gasteiger partial charge in [-0.25, -0.2) is 0 Å². The van der Waals surface area contributed by atoms with E-state index in [4.69, 9.17) is 4.74 Å². The summed E-state index contributed by atoms with van der Waals surface area (Å²) in [5.41, 5.74) is -0.291. The first-order valence-electron chi connectivity index (χ1n) is 9.65. The molecule has 0 unspecified atom stereocenters. The molecule has 27 heavy (non-hydrogen) atoms. The summed E-state index contributed by atoms with van der Waals surface area (Å²) < 4.78 is 5.72. The van der Waals surface area contributed by atoms with Gasteiger partial charge in [-0.3, -0.25) is 4.79 Å². The molecule has 1 heterocycles. The number of benzene rings is 2. The van der Waals surface area contributed by atoms with Gasteiger partial charge in [0.1, 0.15) is 14.2 Å². The van der Waals surface area contributed by atoms with Crippen molar-refractivity contribution in [2.45, 2.75) is 56.6 Å². The van der Waals surface area contributed by atoms with Gasteiger partial charge in [0.05, 0.1) is 12.2 Å². The van der Waals surface area contributed by atoms with Crippen LogP contribution in [0.15, 0.2) is 60.7 Å². The smallest absolute Gasteiger partial charge is 0.302 e. The maximum absolute atomic E-state index is 11.8. The quantitative estimate of drug-likeness (QED) is 0.591. The number of aliphatic hydroxyl groups excluding tert-OH is 2. The first kappa shape index (κ1) is 19.8. The van der Waals surface area contributed by atoms with E-state index in [-0.39, 0.29) is 11.5 Å². The molecule has 5 heteroatoms. The molecule has 0 amide bonds. The number of ether oxygens (including phenoxy) is 1. The third-order valence-corrected chi connectivity index (χ3v) is 11.4. The van der Waals surface area contributed by atoms with Crippen LogP contribution < -0.4 is 10.4 Å². The number of aliphatic hydroxyl groups is 2. The Labute approximate surface area is 161 Å². The average Bonchev–Trinajstić information content (AvgIpc) is 2.94. The molecule has 0 bridgehead atoms. The fraction of sp³-hybridized carbons (Fsp3) is 0.409. The molecule has 0 aliphatic carbocycles. The summed E-state index contributed by atoms with van der Waals surface area (Å²) in [5.74, 6) is -0.342. The lowest BCUT2D eigenvalue weighted by molar-refractivity contribution is -0.148. The van der Waals surface area contributed by atoms with Crippen molar-refractivity contribution in [1.29, 1.82) is 0 Å². The highest BCUT2D eigenvalue weighted by Gasteiger charge is 2.59. The molecular formula is C22H28O4Si. The summed E-state index contributed by atoms with van der Waals surface area (Å²) in [6, 6.07) is 20.8. The number of carbonyl (C=O) groups excluding carboxylic acids is 1. The van der Waals surface area contributed by atoms with Crippen LogP contribution in [0, 0.1) is 0 Å². The van der Waals surface area contributed by atoms with Crippen LogP contribution in [0.2, 0.25) is 11.6 Å². The highest BCUT2D eigenvalue weighted by molar-refractivity contribution is 7.04. The fourth-order valence-electron chi connectivity index (χ4n) is 4.72. The van der Waals surface area contributed by atoms with Gasteiger partial charge in [-0.05, 0) is 12.5 Å². The lowest BCUT2D eigenvalue weighted by atomic mass is 10.0. The molecular weight excluding hydrogens is 356 g/mol. The van der Waals surface area contributed by atoms with E-state index < -0.39 is 26.4 Å². The third kappa shape index (κ3) is 3.72. The second-order valence-electron chi connectivity index (χ2n) is 7.43. The van der Waals surface area contributed by atoms with Gasteiger partial charge in [0.15, 0.2) is 0 Å². The minimum Gasteiger partial charge on any atom is -0.462 e. The Kier molecular flexibility index (Phi) is 6.14. The van der Waals surface area contributed by atoms with E-state index in [0.717, 1.165) is 16.8 Å². The highest BCUT2D eigenvalue weighted by Crippen LogP contribution is 2.44. The van der Waals surface area contributed by atoms with Crippen LogP contribution in [0.3, 0.4) is 0 Å². The Hall–Kier alpha value is -1.95. The fourth-order valence-corrected chi connectivity index (χ4v) is 10.7. The molecule has 4 atom stereocenters. The number of hydrogen-bond donors (Lipinski definition) is 2. The second kappa shape index (κ2) is 8.38. The van der Waals surface area contributed by atoms with E-state index in [1.807, 2.05) is 43.3 Å². The maximum Gasteiger partial charge on any atom is 0.302 e. The average molecular weight is 385 g/mol. The van der Waals surface area contributed by atoms with Crippen molar-refractivity contribution in [3.05, 3.63) is 60.7 Å². The minimum absolute atomic E-state index is 0.291. The summed E-state index contributed by atoms with van der Waals surface area (Å²) in [6.07, 6.45) is -0.634. The summed E-state index contributed by atoms with van der Waals surface area (Å²) in [6.45, 7) is 3.46. The summed E-state index contributed by atoms with van der Waals surface area (Å²) in [5, 5.41) is 24.1. The van der Waals surface area contributed by atoms with E-state index >= 15 is 0 Å².